The maximum atomic E-state index is 12.0. The van der Waals surface area contributed by atoms with Crippen molar-refractivity contribution in [3.8, 4) is 5.75 Å². The van der Waals surface area contributed by atoms with E-state index in [1.54, 1.807) is 30.3 Å². The second kappa shape index (κ2) is 8.22. The Labute approximate surface area is 135 Å². The number of anilines is 1. The fourth-order valence-electron chi connectivity index (χ4n) is 2.66. The van der Waals surface area contributed by atoms with Gasteiger partial charge in [-0.05, 0) is 37.8 Å². The third kappa shape index (κ3) is 5.32. The van der Waals surface area contributed by atoms with Crippen molar-refractivity contribution in [2.45, 2.75) is 31.7 Å². The van der Waals surface area contributed by atoms with Crippen molar-refractivity contribution in [3.05, 3.63) is 36.9 Å². The van der Waals surface area contributed by atoms with Gasteiger partial charge in [0, 0.05) is 17.8 Å². The van der Waals surface area contributed by atoms with Crippen LogP contribution in [0.15, 0.2) is 36.9 Å². The third-order valence-corrected chi connectivity index (χ3v) is 3.87. The molecule has 23 heavy (non-hydrogen) atoms. The minimum atomic E-state index is -0.746. The number of amides is 2. The van der Waals surface area contributed by atoms with E-state index < -0.39 is 5.97 Å². The van der Waals surface area contributed by atoms with Crippen LogP contribution in [-0.4, -0.2) is 29.8 Å². The molecule has 0 spiro atoms. The predicted molar refractivity (Wildman–Crippen MR) is 87.7 cm³/mol. The van der Waals surface area contributed by atoms with Crippen molar-refractivity contribution in [2.75, 3.05) is 11.9 Å². The van der Waals surface area contributed by atoms with Gasteiger partial charge >= 0.3 is 12.0 Å². The molecule has 0 atom stereocenters. The highest BCUT2D eigenvalue weighted by Gasteiger charge is 2.26. The molecule has 0 aliphatic heterocycles. The maximum Gasteiger partial charge on any atom is 0.319 e. The van der Waals surface area contributed by atoms with Gasteiger partial charge in [-0.3, -0.25) is 4.79 Å². The Balaban J connectivity index is 1.81. The molecule has 0 unspecified atom stereocenters. The van der Waals surface area contributed by atoms with E-state index in [2.05, 4.69) is 17.2 Å². The van der Waals surface area contributed by atoms with E-state index in [0.29, 0.717) is 43.7 Å². The van der Waals surface area contributed by atoms with Gasteiger partial charge in [-0.1, -0.05) is 18.7 Å². The lowest BCUT2D eigenvalue weighted by molar-refractivity contribution is -0.142. The van der Waals surface area contributed by atoms with Crippen molar-refractivity contribution in [3.63, 3.8) is 0 Å². The van der Waals surface area contributed by atoms with Gasteiger partial charge in [0.15, 0.2) is 0 Å². The van der Waals surface area contributed by atoms with Crippen molar-refractivity contribution in [2.24, 2.45) is 5.92 Å². The molecule has 1 fully saturated rings. The summed E-state index contributed by atoms with van der Waals surface area (Å²) in [6, 6.07) is 6.85. The molecule has 1 aliphatic carbocycles. The van der Waals surface area contributed by atoms with Crippen LogP contribution in [0.2, 0.25) is 0 Å². The van der Waals surface area contributed by atoms with Crippen molar-refractivity contribution in [1.29, 1.82) is 0 Å². The number of carbonyl (C=O) groups is 2. The summed E-state index contributed by atoms with van der Waals surface area (Å²) in [4.78, 5) is 22.9. The average molecular weight is 318 g/mol. The molecule has 0 bridgehead atoms. The highest BCUT2D eigenvalue weighted by molar-refractivity contribution is 5.89. The normalized spacial score (nSPS) is 20.3. The van der Waals surface area contributed by atoms with Crippen LogP contribution in [0.3, 0.4) is 0 Å². The van der Waals surface area contributed by atoms with E-state index in [-0.39, 0.29) is 18.0 Å². The molecule has 2 amide bonds. The number of nitrogens with one attached hydrogen (secondary N) is 2. The third-order valence-electron chi connectivity index (χ3n) is 3.87. The molecule has 0 heterocycles. The summed E-state index contributed by atoms with van der Waals surface area (Å²) < 4.78 is 5.42. The fraction of sp³-hybridized carbons (Fsp3) is 0.412. The van der Waals surface area contributed by atoms with Gasteiger partial charge in [0.1, 0.15) is 12.4 Å². The van der Waals surface area contributed by atoms with Gasteiger partial charge in [0.05, 0.1) is 5.92 Å². The zero-order valence-electron chi connectivity index (χ0n) is 13.0. The second-order valence-electron chi connectivity index (χ2n) is 5.61. The number of urea groups is 1. The molecule has 0 aromatic heterocycles. The summed E-state index contributed by atoms with van der Waals surface area (Å²) in [6.45, 7) is 3.99. The molecule has 6 nitrogen and oxygen atoms in total. The topological polar surface area (TPSA) is 87.7 Å². The zero-order chi connectivity index (χ0) is 16.7. The summed E-state index contributed by atoms with van der Waals surface area (Å²) in [6.07, 6.45) is 4.23. The molecular weight excluding hydrogens is 296 g/mol. The van der Waals surface area contributed by atoms with Crippen LogP contribution in [0.5, 0.6) is 5.75 Å². The van der Waals surface area contributed by atoms with Crippen molar-refractivity contribution < 1.29 is 19.4 Å². The molecule has 6 heteroatoms. The minimum absolute atomic E-state index is 0.0193. The van der Waals surface area contributed by atoms with E-state index in [4.69, 9.17) is 9.84 Å². The molecule has 0 radical (unpaired) electrons. The van der Waals surface area contributed by atoms with Gasteiger partial charge in [-0.2, -0.15) is 0 Å². The highest BCUT2D eigenvalue weighted by Crippen LogP contribution is 2.24. The number of ether oxygens (including phenoxy) is 1. The Kier molecular flexibility index (Phi) is 6.02. The molecule has 0 saturated heterocycles. The quantitative estimate of drug-likeness (QED) is 0.704. The fourth-order valence-corrected chi connectivity index (χ4v) is 2.66. The Morgan fingerprint density at radius 2 is 2.04 bits per heavy atom. The number of rotatable bonds is 6. The average Bonchev–Trinajstić information content (AvgIpc) is 2.53. The first kappa shape index (κ1) is 16.9. The number of hydrogen-bond donors (Lipinski definition) is 3. The number of benzene rings is 1. The predicted octanol–water partition coefficient (Wildman–Crippen LogP) is 3.02. The van der Waals surface area contributed by atoms with Crippen molar-refractivity contribution >= 4 is 17.7 Å². The summed E-state index contributed by atoms with van der Waals surface area (Å²) in [5.41, 5.74) is 0.642. The maximum absolute atomic E-state index is 12.0. The Morgan fingerprint density at radius 1 is 1.30 bits per heavy atom. The van der Waals surface area contributed by atoms with Gasteiger partial charge in [-0.25, -0.2) is 4.79 Å². The van der Waals surface area contributed by atoms with Crippen LogP contribution in [0, 0.1) is 5.92 Å². The summed E-state index contributed by atoms with van der Waals surface area (Å²) in [5.74, 6) is -0.372. The monoisotopic (exact) mass is 318 g/mol. The molecule has 1 aromatic carbocycles. The van der Waals surface area contributed by atoms with Gasteiger partial charge in [-0.15, -0.1) is 0 Å². The Hall–Kier alpha value is -2.50. The van der Waals surface area contributed by atoms with Crippen molar-refractivity contribution in [1.82, 2.24) is 5.32 Å². The molecule has 1 saturated carbocycles. The van der Waals surface area contributed by atoms with Gasteiger partial charge in [0.2, 0.25) is 0 Å². The number of carbonyl (C=O) groups excluding carboxylic acids is 1. The van der Waals surface area contributed by atoms with E-state index in [9.17, 15) is 9.59 Å². The smallest absolute Gasteiger partial charge is 0.319 e. The Morgan fingerprint density at radius 3 is 2.70 bits per heavy atom. The molecule has 1 aromatic rings. The summed E-state index contributed by atoms with van der Waals surface area (Å²) >= 11 is 0. The van der Waals surface area contributed by atoms with Crippen LogP contribution >= 0.6 is 0 Å². The van der Waals surface area contributed by atoms with Crippen LogP contribution in [0.1, 0.15) is 25.7 Å². The molecule has 3 N–H and O–H groups in total. The first-order valence-electron chi connectivity index (χ1n) is 7.72. The molecule has 124 valence electrons. The largest absolute Gasteiger partial charge is 0.489 e. The lowest BCUT2D eigenvalue weighted by Crippen LogP contribution is -2.40. The van der Waals surface area contributed by atoms with E-state index in [0.717, 1.165) is 0 Å². The lowest BCUT2D eigenvalue weighted by Gasteiger charge is -2.26. The van der Waals surface area contributed by atoms with E-state index in [1.165, 1.54) is 0 Å². The van der Waals surface area contributed by atoms with E-state index in [1.807, 2.05) is 0 Å². The lowest BCUT2D eigenvalue weighted by atomic mass is 9.86. The standard InChI is InChI=1S/C17H22N2O4/c1-2-10-23-15-5-3-4-14(11-15)19-17(22)18-13-8-6-12(7-9-13)16(20)21/h2-5,11-13H,1,6-10H2,(H,20,21)(H2,18,19,22). The number of carboxylic acids is 1. The first-order valence-corrected chi connectivity index (χ1v) is 7.72. The number of carboxylic acid groups (broad SMARTS) is 1. The van der Waals surface area contributed by atoms with Crippen LogP contribution in [-0.2, 0) is 4.79 Å². The number of hydrogen-bond acceptors (Lipinski definition) is 3. The Bertz CT molecular complexity index is 565. The number of aliphatic carboxylic acids is 1. The SMILES string of the molecule is C=CCOc1cccc(NC(=O)NC2CCC(C(=O)O)CC2)c1. The van der Waals surface area contributed by atoms with Crippen LogP contribution in [0.4, 0.5) is 10.5 Å². The molecule has 2 rings (SSSR count). The summed E-state index contributed by atoms with van der Waals surface area (Å²) in [7, 11) is 0. The summed E-state index contributed by atoms with van der Waals surface area (Å²) in [5, 5.41) is 14.6. The van der Waals surface area contributed by atoms with Gasteiger partial charge in [0.25, 0.3) is 0 Å². The van der Waals surface area contributed by atoms with Gasteiger partial charge < -0.3 is 20.5 Å². The second-order valence-corrected chi connectivity index (χ2v) is 5.61. The molecular formula is C17H22N2O4. The zero-order valence-corrected chi connectivity index (χ0v) is 13.0. The molecule has 1 aliphatic rings. The highest BCUT2D eigenvalue weighted by atomic mass is 16.5. The van der Waals surface area contributed by atoms with E-state index >= 15 is 0 Å². The first-order chi connectivity index (χ1) is 11.1. The van der Waals surface area contributed by atoms with Crippen LogP contribution < -0.4 is 15.4 Å². The van der Waals surface area contributed by atoms with Crippen LogP contribution in [0.25, 0.3) is 0 Å². The minimum Gasteiger partial charge on any atom is -0.489 e.